The fraction of sp³-hybridized carbons (Fsp3) is 0.200. The van der Waals surface area contributed by atoms with E-state index in [1.807, 2.05) is 39.0 Å². The van der Waals surface area contributed by atoms with Gasteiger partial charge in [0.15, 0.2) is 0 Å². The molecule has 0 amide bonds. The summed E-state index contributed by atoms with van der Waals surface area (Å²) in [4.78, 5) is 0.346. The van der Waals surface area contributed by atoms with Crippen molar-refractivity contribution in [3.8, 4) is 0 Å². The Hall–Kier alpha value is -1.33. The molecule has 0 saturated heterocycles. The first-order chi connectivity index (χ1) is 9.31. The van der Waals surface area contributed by atoms with Crippen LogP contribution in [0, 0.1) is 20.8 Å². The third-order valence-corrected chi connectivity index (χ3v) is 5.35. The molecule has 0 aliphatic rings. The van der Waals surface area contributed by atoms with Gasteiger partial charge in [0.25, 0.3) is 10.0 Å². The average molecular weight is 354 g/mol. The second-order valence-corrected chi connectivity index (χ2v) is 7.29. The Kier molecular flexibility index (Phi) is 4.20. The molecule has 3 nitrogen and oxygen atoms in total. The van der Waals surface area contributed by atoms with Gasteiger partial charge in [0, 0.05) is 4.47 Å². The molecule has 0 bridgehead atoms. The highest BCUT2D eigenvalue weighted by Gasteiger charge is 2.20. The molecule has 20 heavy (non-hydrogen) atoms. The zero-order valence-corrected chi connectivity index (χ0v) is 14.0. The predicted molar refractivity (Wildman–Crippen MR) is 85.6 cm³/mol. The maximum atomic E-state index is 12.6. The van der Waals surface area contributed by atoms with Crippen LogP contribution in [-0.4, -0.2) is 8.42 Å². The summed E-state index contributed by atoms with van der Waals surface area (Å²) in [7, 11) is -3.59. The number of anilines is 1. The molecule has 2 rings (SSSR count). The number of halogens is 1. The summed E-state index contributed by atoms with van der Waals surface area (Å²) in [6, 6.07) is 10.9. The van der Waals surface area contributed by atoms with Gasteiger partial charge < -0.3 is 0 Å². The van der Waals surface area contributed by atoms with Gasteiger partial charge in [-0.25, -0.2) is 8.42 Å². The summed E-state index contributed by atoms with van der Waals surface area (Å²) in [5, 5.41) is 0. The van der Waals surface area contributed by atoms with Gasteiger partial charge in [0.05, 0.1) is 10.6 Å². The van der Waals surface area contributed by atoms with E-state index in [1.165, 1.54) is 0 Å². The Morgan fingerprint density at radius 3 is 2.10 bits per heavy atom. The first-order valence-electron chi connectivity index (χ1n) is 6.16. The third-order valence-electron chi connectivity index (χ3n) is 2.99. The molecule has 1 N–H and O–H groups in total. The van der Waals surface area contributed by atoms with Gasteiger partial charge >= 0.3 is 0 Å². The predicted octanol–water partition coefficient (Wildman–Crippen LogP) is 4.18. The summed E-state index contributed by atoms with van der Waals surface area (Å²) in [6.45, 7) is 5.58. The number of para-hydroxylation sites is 1. The quantitative estimate of drug-likeness (QED) is 0.899. The van der Waals surface area contributed by atoms with E-state index in [9.17, 15) is 8.42 Å². The number of hydrogen-bond acceptors (Lipinski definition) is 2. The van der Waals surface area contributed by atoms with Crippen LogP contribution < -0.4 is 4.72 Å². The number of benzene rings is 2. The molecule has 0 atom stereocenters. The fourth-order valence-electron chi connectivity index (χ4n) is 2.33. The van der Waals surface area contributed by atoms with Crippen molar-refractivity contribution in [2.75, 3.05) is 4.72 Å². The van der Waals surface area contributed by atoms with Crippen molar-refractivity contribution in [2.45, 2.75) is 25.7 Å². The maximum absolute atomic E-state index is 12.6. The monoisotopic (exact) mass is 353 g/mol. The van der Waals surface area contributed by atoms with Crippen LogP contribution in [0.1, 0.15) is 16.7 Å². The highest BCUT2D eigenvalue weighted by atomic mass is 79.9. The zero-order valence-electron chi connectivity index (χ0n) is 11.6. The Bertz CT molecular complexity index is 731. The fourth-order valence-corrected chi connectivity index (χ4v) is 4.38. The Labute approximate surface area is 128 Å². The average Bonchev–Trinajstić information content (AvgIpc) is 2.30. The van der Waals surface area contributed by atoms with E-state index >= 15 is 0 Å². The smallest absolute Gasteiger partial charge is 0.262 e. The second-order valence-electron chi connectivity index (χ2n) is 4.81. The molecule has 106 valence electrons. The molecule has 2 aromatic rings. The third kappa shape index (κ3) is 3.04. The van der Waals surface area contributed by atoms with E-state index in [0.29, 0.717) is 15.1 Å². The SMILES string of the molecule is Cc1cc(C)c(S(=O)(=O)Nc2ccccc2Br)c(C)c1. The second kappa shape index (κ2) is 5.58. The van der Waals surface area contributed by atoms with E-state index in [-0.39, 0.29) is 0 Å². The topological polar surface area (TPSA) is 46.2 Å². The van der Waals surface area contributed by atoms with Crippen LogP contribution >= 0.6 is 15.9 Å². The molecule has 0 heterocycles. The Morgan fingerprint density at radius 1 is 1.00 bits per heavy atom. The largest absolute Gasteiger partial charge is 0.278 e. The molecule has 2 aromatic carbocycles. The van der Waals surface area contributed by atoms with Crippen LogP contribution in [0.4, 0.5) is 5.69 Å². The Balaban J connectivity index is 2.50. The Morgan fingerprint density at radius 2 is 1.55 bits per heavy atom. The molecular weight excluding hydrogens is 338 g/mol. The van der Waals surface area contributed by atoms with Gasteiger partial charge in [0.2, 0.25) is 0 Å². The molecule has 0 aromatic heterocycles. The highest BCUT2D eigenvalue weighted by Crippen LogP contribution is 2.27. The lowest BCUT2D eigenvalue weighted by Gasteiger charge is -2.14. The number of aryl methyl sites for hydroxylation is 3. The van der Waals surface area contributed by atoms with Crippen molar-refractivity contribution in [1.82, 2.24) is 0 Å². The molecule has 0 aliphatic heterocycles. The maximum Gasteiger partial charge on any atom is 0.262 e. The minimum absolute atomic E-state index is 0.346. The molecule has 0 fully saturated rings. The molecule has 0 aliphatic carbocycles. The highest BCUT2D eigenvalue weighted by molar-refractivity contribution is 9.10. The summed E-state index contributed by atoms with van der Waals surface area (Å²) < 4.78 is 28.5. The minimum atomic E-state index is -3.59. The van der Waals surface area contributed by atoms with Crippen LogP contribution in [0.25, 0.3) is 0 Å². The van der Waals surface area contributed by atoms with Crippen LogP contribution in [0.2, 0.25) is 0 Å². The van der Waals surface area contributed by atoms with Gasteiger partial charge in [-0.1, -0.05) is 29.8 Å². The van der Waals surface area contributed by atoms with Crippen LogP contribution in [-0.2, 0) is 10.0 Å². The van der Waals surface area contributed by atoms with Crippen LogP contribution in [0.5, 0.6) is 0 Å². The van der Waals surface area contributed by atoms with E-state index in [1.54, 1.807) is 18.2 Å². The number of sulfonamides is 1. The zero-order chi connectivity index (χ0) is 14.9. The molecule has 0 saturated carbocycles. The first-order valence-corrected chi connectivity index (χ1v) is 8.44. The van der Waals surface area contributed by atoms with Gasteiger partial charge in [-0.05, 0) is 60.0 Å². The number of hydrogen-bond donors (Lipinski definition) is 1. The van der Waals surface area contributed by atoms with Crippen LogP contribution in [0.3, 0.4) is 0 Å². The van der Waals surface area contributed by atoms with Gasteiger partial charge in [-0.15, -0.1) is 0 Å². The van der Waals surface area contributed by atoms with Crippen molar-refractivity contribution < 1.29 is 8.42 Å². The summed E-state index contributed by atoms with van der Waals surface area (Å²) in [5.41, 5.74) is 3.09. The van der Waals surface area contributed by atoms with Crippen molar-refractivity contribution in [1.29, 1.82) is 0 Å². The number of rotatable bonds is 3. The number of nitrogens with one attached hydrogen (secondary N) is 1. The van der Waals surface area contributed by atoms with Crippen molar-refractivity contribution >= 4 is 31.6 Å². The van der Waals surface area contributed by atoms with Gasteiger partial charge in [0.1, 0.15) is 0 Å². The van der Waals surface area contributed by atoms with E-state index < -0.39 is 10.0 Å². The van der Waals surface area contributed by atoms with E-state index in [4.69, 9.17) is 0 Å². The molecular formula is C15H16BrNO2S. The summed E-state index contributed by atoms with van der Waals surface area (Å²) in [5.74, 6) is 0. The van der Waals surface area contributed by atoms with Crippen LogP contribution in [0.15, 0.2) is 45.8 Å². The van der Waals surface area contributed by atoms with Gasteiger partial charge in [-0.2, -0.15) is 0 Å². The molecule has 5 heteroatoms. The lowest BCUT2D eigenvalue weighted by Crippen LogP contribution is -2.16. The van der Waals surface area contributed by atoms with Crippen molar-refractivity contribution in [3.05, 3.63) is 57.6 Å². The molecule has 0 unspecified atom stereocenters. The van der Waals surface area contributed by atoms with E-state index in [2.05, 4.69) is 20.7 Å². The first kappa shape index (κ1) is 15.1. The molecule has 0 radical (unpaired) electrons. The lowest BCUT2D eigenvalue weighted by molar-refractivity contribution is 0.600. The lowest BCUT2D eigenvalue weighted by atomic mass is 10.1. The normalized spacial score (nSPS) is 11.4. The van der Waals surface area contributed by atoms with Crippen molar-refractivity contribution in [3.63, 3.8) is 0 Å². The minimum Gasteiger partial charge on any atom is -0.278 e. The van der Waals surface area contributed by atoms with Gasteiger partial charge in [-0.3, -0.25) is 4.72 Å². The summed E-state index contributed by atoms with van der Waals surface area (Å²) in [6.07, 6.45) is 0. The summed E-state index contributed by atoms with van der Waals surface area (Å²) >= 11 is 3.34. The standard InChI is InChI=1S/C15H16BrNO2S/c1-10-8-11(2)15(12(3)9-10)20(18,19)17-14-7-5-4-6-13(14)16/h4-9,17H,1-3H3. The molecule has 0 spiro atoms. The van der Waals surface area contributed by atoms with Crippen molar-refractivity contribution in [2.24, 2.45) is 0 Å². The van der Waals surface area contributed by atoms with E-state index in [0.717, 1.165) is 16.7 Å².